The van der Waals surface area contributed by atoms with E-state index in [0.29, 0.717) is 37.4 Å². The quantitative estimate of drug-likeness (QED) is 0.732. The number of benzene rings is 1. The predicted molar refractivity (Wildman–Crippen MR) is 119 cm³/mol. The summed E-state index contributed by atoms with van der Waals surface area (Å²) in [7, 11) is -3.31. The van der Waals surface area contributed by atoms with Gasteiger partial charge in [-0.05, 0) is 39.0 Å². The molecule has 1 aromatic heterocycles. The lowest BCUT2D eigenvalue weighted by atomic mass is 10.0. The van der Waals surface area contributed by atoms with Crippen LogP contribution in [0.4, 0.5) is 20.6 Å². The molecule has 3 rings (SSSR count). The van der Waals surface area contributed by atoms with Crippen LogP contribution < -0.4 is 10.6 Å². The van der Waals surface area contributed by atoms with Crippen molar-refractivity contribution in [3.05, 3.63) is 53.6 Å². The van der Waals surface area contributed by atoms with Crippen LogP contribution in [0.5, 0.6) is 0 Å². The van der Waals surface area contributed by atoms with Gasteiger partial charge in [-0.15, -0.1) is 0 Å². The summed E-state index contributed by atoms with van der Waals surface area (Å²) in [6.45, 7) is 7.18. The molecule has 1 aliphatic heterocycles. The number of hydrogen-bond acceptors (Lipinski definition) is 5. The molecule has 2 amide bonds. The molecule has 0 atom stereocenters. The first-order chi connectivity index (χ1) is 14.5. The highest BCUT2D eigenvalue weighted by atomic mass is 32.2. The number of urea groups is 1. The molecule has 0 bridgehead atoms. The number of hydrogen-bond donors (Lipinski definition) is 2. The molecular weight excluding hydrogens is 421 g/mol. The minimum absolute atomic E-state index is 0.0732. The Kier molecular flexibility index (Phi) is 6.63. The summed E-state index contributed by atoms with van der Waals surface area (Å²) in [5.41, 5.74) is 1.23. The maximum Gasteiger partial charge on any atom is 0.323 e. The van der Waals surface area contributed by atoms with Crippen molar-refractivity contribution in [2.24, 2.45) is 0 Å². The Balaban J connectivity index is 1.67. The molecule has 0 unspecified atom stereocenters. The smallest absolute Gasteiger partial charge is 0.306 e. The average molecular weight is 450 g/mol. The molecule has 1 fully saturated rings. The number of aromatic nitrogens is 1. The van der Waals surface area contributed by atoms with E-state index in [1.165, 1.54) is 22.8 Å². The van der Waals surface area contributed by atoms with Crippen molar-refractivity contribution >= 4 is 27.4 Å². The first-order valence-corrected chi connectivity index (χ1v) is 11.8. The van der Waals surface area contributed by atoms with Crippen molar-refractivity contribution in [2.75, 3.05) is 36.5 Å². The third-order valence-corrected chi connectivity index (χ3v) is 6.67. The topological polar surface area (TPSA) is 94.6 Å². The minimum Gasteiger partial charge on any atom is -0.306 e. The third kappa shape index (κ3) is 5.78. The lowest BCUT2D eigenvalue weighted by molar-refractivity contribution is 0.0764. The molecule has 2 heterocycles. The summed E-state index contributed by atoms with van der Waals surface area (Å²) < 4.78 is 40.6. The molecule has 168 valence electrons. The summed E-state index contributed by atoms with van der Waals surface area (Å²) in [6, 6.07) is 7.76. The van der Waals surface area contributed by atoms with Crippen LogP contribution in [0.1, 0.15) is 25.1 Å². The monoisotopic (exact) mass is 449 g/mol. The summed E-state index contributed by atoms with van der Waals surface area (Å²) in [5.74, 6) is -0.511. The highest BCUT2D eigenvalue weighted by Crippen LogP contribution is 2.26. The van der Waals surface area contributed by atoms with Crippen LogP contribution in [-0.2, 0) is 16.6 Å². The zero-order valence-corrected chi connectivity index (χ0v) is 19.0. The molecule has 1 saturated heterocycles. The van der Waals surface area contributed by atoms with Crippen molar-refractivity contribution in [2.45, 2.75) is 32.9 Å². The van der Waals surface area contributed by atoms with Crippen molar-refractivity contribution < 1.29 is 17.6 Å². The molecule has 1 aliphatic rings. The Bertz CT molecular complexity index is 1060. The molecule has 8 nitrogen and oxygen atoms in total. The lowest BCUT2D eigenvalue weighted by Crippen LogP contribution is -2.60. The fourth-order valence-electron chi connectivity index (χ4n) is 3.86. The second-order valence-corrected chi connectivity index (χ2v) is 10.3. The second kappa shape index (κ2) is 8.89. The Morgan fingerprint density at radius 1 is 1.19 bits per heavy atom. The van der Waals surface area contributed by atoms with Gasteiger partial charge in [0.25, 0.3) is 0 Å². The number of nitrogens with one attached hydrogen (secondary N) is 2. The predicted octanol–water partition coefficient (Wildman–Crippen LogP) is 3.03. The van der Waals surface area contributed by atoms with Crippen LogP contribution in [0.2, 0.25) is 0 Å². The number of aryl methyl sites for hydroxylation is 1. The first-order valence-electron chi connectivity index (χ1n) is 9.94. The molecule has 2 N–H and O–H groups in total. The van der Waals surface area contributed by atoms with E-state index in [1.54, 1.807) is 24.3 Å². The largest absolute Gasteiger partial charge is 0.323 e. The fourth-order valence-corrected chi connectivity index (χ4v) is 5.22. The van der Waals surface area contributed by atoms with Crippen LogP contribution in [0.25, 0.3) is 0 Å². The van der Waals surface area contributed by atoms with Crippen LogP contribution in [0, 0.1) is 12.7 Å². The number of carbonyl (C=O) groups excluding carboxylic acids is 1. The van der Waals surface area contributed by atoms with E-state index in [-0.39, 0.29) is 5.69 Å². The Morgan fingerprint density at radius 2 is 1.94 bits per heavy atom. The molecule has 0 aliphatic carbocycles. The van der Waals surface area contributed by atoms with Crippen LogP contribution in [-0.4, -0.2) is 60.1 Å². The van der Waals surface area contributed by atoms with Crippen molar-refractivity contribution in [1.82, 2.24) is 14.2 Å². The normalized spacial score (nSPS) is 17.3. The van der Waals surface area contributed by atoms with E-state index in [9.17, 15) is 13.2 Å². The number of rotatable bonds is 5. The lowest BCUT2D eigenvalue weighted by Gasteiger charge is -2.45. The second-order valence-electron chi connectivity index (χ2n) is 8.40. The van der Waals surface area contributed by atoms with E-state index in [1.807, 2.05) is 25.7 Å². The molecule has 0 radical (unpaired) electrons. The molecule has 10 heteroatoms. The Labute approximate surface area is 182 Å². The molecular formula is C21H28FN5O3S. The van der Waals surface area contributed by atoms with Crippen LogP contribution in [0.15, 0.2) is 36.5 Å². The SMILES string of the molecule is Cc1ccc(NC(=O)Nc2cccc(CN3CCN(S(C)(=O)=O)C(C)(C)C3)c2F)cn1. The third-order valence-electron chi connectivity index (χ3n) is 5.20. The van der Waals surface area contributed by atoms with E-state index in [0.717, 1.165) is 5.69 Å². The zero-order valence-electron chi connectivity index (χ0n) is 18.1. The van der Waals surface area contributed by atoms with Gasteiger partial charge in [0.15, 0.2) is 5.82 Å². The highest BCUT2D eigenvalue weighted by Gasteiger charge is 2.39. The number of nitrogens with zero attached hydrogens (tertiary/aromatic N) is 3. The number of amides is 2. The standard InChI is InChI=1S/C21H28FN5O3S/c1-15-8-9-17(12-23-15)24-20(28)25-18-7-5-6-16(19(18)22)13-26-10-11-27(31(4,29)30)21(2,3)14-26/h5-9,12H,10-11,13-14H2,1-4H3,(H2,24,25,28). The van der Waals surface area contributed by atoms with Gasteiger partial charge in [0.1, 0.15) is 0 Å². The first kappa shape index (κ1) is 23.1. The summed E-state index contributed by atoms with van der Waals surface area (Å²) in [6.07, 6.45) is 2.73. The van der Waals surface area contributed by atoms with Crippen molar-refractivity contribution in [3.63, 3.8) is 0 Å². The van der Waals surface area contributed by atoms with Gasteiger partial charge >= 0.3 is 6.03 Å². The van der Waals surface area contributed by atoms with Gasteiger partial charge in [-0.2, -0.15) is 4.31 Å². The maximum absolute atomic E-state index is 15.1. The fraction of sp³-hybridized carbons (Fsp3) is 0.429. The zero-order chi connectivity index (χ0) is 22.8. The molecule has 0 saturated carbocycles. The van der Waals surface area contributed by atoms with Crippen LogP contribution in [0.3, 0.4) is 0 Å². The summed E-state index contributed by atoms with van der Waals surface area (Å²) in [4.78, 5) is 18.4. The minimum atomic E-state index is -3.31. The van der Waals surface area contributed by atoms with Gasteiger partial charge < -0.3 is 10.6 Å². The van der Waals surface area contributed by atoms with Gasteiger partial charge in [-0.3, -0.25) is 9.88 Å². The van der Waals surface area contributed by atoms with Gasteiger partial charge in [0.2, 0.25) is 10.0 Å². The number of anilines is 2. The number of carbonyl (C=O) groups is 1. The summed E-state index contributed by atoms with van der Waals surface area (Å²) >= 11 is 0. The number of halogens is 1. The van der Waals surface area contributed by atoms with Gasteiger partial charge in [-0.25, -0.2) is 17.6 Å². The van der Waals surface area contributed by atoms with Gasteiger partial charge in [0.05, 0.1) is 23.8 Å². The number of pyridine rings is 1. The van der Waals surface area contributed by atoms with E-state index >= 15 is 4.39 Å². The average Bonchev–Trinajstić information content (AvgIpc) is 2.65. The highest BCUT2D eigenvalue weighted by molar-refractivity contribution is 7.88. The van der Waals surface area contributed by atoms with Gasteiger partial charge in [-0.1, -0.05) is 12.1 Å². The van der Waals surface area contributed by atoms with E-state index < -0.39 is 27.4 Å². The van der Waals surface area contributed by atoms with E-state index in [2.05, 4.69) is 15.6 Å². The molecule has 2 aromatic rings. The van der Waals surface area contributed by atoms with Crippen molar-refractivity contribution in [1.29, 1.82) is 0 Å². The Morgan fingerprint density at radius 3 is 2.55 bits per heavy atom. The van der Waals surface area contributed by atoms with Crippen LogP contribution >= 0.6 is 0 Å². The van der Waals surface area contributed by atoms with Gasteiger partial charge in [0, 0.05) is 43.0 Å². The van der Waals surface area contributed by atoms with Crippen molar-refractivity contribution in [3.8, 4) is 0 Å². The van der Waals surface area contributed by atoms with E-state index in [4.69, 9.17) is 0 Å². The summed E-state index contributed by atoms with van der Waals surface area (Å²) in [5, 5.41) is 5.16. The molecule has 31 heavy (non-hydrogen) atoms. The molecule has 0 spiro atoms. The number of piperazine rings is 1. The number of sulfonamides is 1. The maximum atomic E-state index is 15.1. The molecule has 1 aromatic carbocycles. The Hall–Kier alpha value is -2.56.